The van der Waals surface area contributed by atoms with Crippen molar-refractivity contribution in [1.82, 2.24) is 5.32 Å². The van der Waals surface area contributed by atoms with Crippen molar-refractivity contribution in [3.8, 4) is 22.6 Å². The highest BCUT2D eigenvalue weighted by atomic mass is 31.2. The van der Waals surface area contributed by atoms with Crippen molar-refractivity contribution in [2.24, 2.45) is 0 Å². The van der Waals surface area contributed by atoms with Gasteiger partial charge in [-0.2, -0.15) is 0 Å². The minimum Gasteiger partial charge on any atom is -0.482 e. The van der Waals surface area contributed by atoms with E-state index in [0.29, 0.717) is 11.3 Å². The van der Waals surface area contributed by atoms with E-state index in [9.17, 15) is 18.9 Å². The van der Waals surface area contributed by atoms with Gasteiger partial charge in [0, 0.05) is 12.3 Å². The van der Waals surface area contributed by atoms with Crippen LogP contribution in [0, 0.1) is 0 Å². The van der Waals surface area contributed by atoms with Gasteiger partial charge in [0.2, 0.25) is 0 Å². The van der Waals surface area contributed by atoms with E-state index in [1.54, 1.807) is 42.5 Å². The summed E-state index contributed by atoms with van der Waals surface area (Å²) in [5.41, 5.74) is 6.29. The molecule has 1 amide bonds. The van der Waals surface area contributed by atoms with Gasteiger partial charge < -0.3 is 24.1 Å². The Kier molecular flexibility index (Phi) is 13.1. The highest BCUT2D eigenvalue weighted by Gasteiger charge is 2.32. The quantitative estimate of drug-likeness (QED) is 0.0541. The molecule has 6 aromatic rings. The number of phosphoric acid groups is 1. The van der Waals surface area contributed by atoms with Crippen LogP contribution in [0.1, 0.15) is 33.7 Å². The first-order chi connectivity index (χ1) is 28.3. The smallest absolute Gasteiger partial charge is 0.482 e. The van der Waals surface area contributed by atoms with Crippen LogP contribution in [0.3, 0.4) is 0 Å². The van der Waals surface area contributed by atoms with E-state index in [-0.39, 0.29) is 37.9 Å². The molecule has 0 aliphatic heterocycles. The molecule has 1 aliphatic carbocycles. The van der Waals surface area contributed by atoms with Gasteiger partial charge in [-0.15, -0.1) is 0 Å². The third-order valence-electron chi connectivity index (χ3n) is 9.28. The number of fused-ring (bicyclic) bond motifs is 3. The van der Waals surface area contributed by atoms with Gasteiger partial charge in [0.05, 0.1) is 13.2 Å². The van der Waals surface area contributed by atoms with Crippen molar-refractivity contribution >= 4 is 25.9 Å². The summed E-state index contributed by atoms with van der Waals surface area (Å²) in [4.78, 5) is 39.5. The van der Waals surface area contributed by atoms with E-state index in [2.05, 4.69) is 5.32 Å². The molecule has 1 N–H and O–H groups in total. The lowest BCUT2D eigenvalue weighted by Crippen LogP contribution is -2.44. The zero-order valence-electron chi connectivity index (χ0n) is 31.3. The average molecular weight is 798 g/mol. The van der Waals surface area contributed by atoms with Crippen LogP contribution in [0.25, 0.3) is 11.1 Å². The van der Waals surface area contributed by atoms with Gasteiger partial charge in [-0.1, -0.05) is 140 Å². The number of amides is 1. The topological polar surface area (TPSA) is 136 Å². The highest BCUT2D eigenvalue weighted by molar-refractivity contribution is 7.48. The maximum absolute atomic E-state index is 13.9. The van der Waals surface area contributed by atoms with Crippen LogP contribution in [0.2, 0.25) is 0 Å². The fraction of sp³-hybridized carbons (Fsp3) is 0.152. The Morgan fingerprint density at radius 2 is 1.10 bits per heavy atom. The molecule has 0 unspecified atom stereocenters. The van der Waals surface area contributed by atoms with E-state index in [0.717, 1.165) is 33.4 Å². The molecule has 12 heteroatoms. The maximum Gasteiger partial charge on any atom is 0.530 e. The lowest BCUT2D eigenvalue weighted by atomic mass is 9.98. The summed E-state index contributed by atoms with van der Waals surface area (Å²) in [7, 11) is -4.15. The van der Waals surface area contributed by atoms with E-state index in [1.807, 2.05) is 109 Å². The number of ether oxygens (including phenoxy) is 3. The molecule has 0 heterocycles. The lowest BCUT2D eigenvalue weighted by Gasteiger charge is -2.20. The van der Waals surface area contributed by atoms with Crippen molar-refractivity contribution in [2.45, 2.75) is 31.6 Å². The molecule has 11 nitrogen and oxygen atoms in total. The number of benzene rings is 6. The first-order valence-electron chi connectivity index (χ1n) is 18.6. The molecule has 0 bridgehead atoms. The van der Waals surface area contributed by atoms with Crippen molar-refractivity contribution in [1.29, 1.82) is 0 Å². The Morgan fingerprint density at radius 1 is 0.586 bits per heavy atom. The van der Waals surface area contributed by atoms with Gasteiger partial charge in [0.25, 0.3) is 0 Å². The molecule has 0 fully saturated rings. The van der Waals surface area contributed by atoms with Crippen LogP contribution in [0.5, 0.6) is 11.5 Å². The predicted octanol–water partition coefficient (Wildman–Crippen LogP) is 9.21. The Hall–Kier alpha value is -6.52. The zero-order valence-corrected chi connectivity index (χ0v) is 32.2. The number of nitrogens with one attached hydrogen (secondary N) is 1. The third-order valence-corrected chi connectivity index (χ3v) is 10.6. The minimum absolute atomic E-state index is 0.0102. The number of alkyl carbamates (subject to hydrolysis) is 1. The van der Waals surface area contributed by atoms with Crippen LogP contribution in [-0.4, -0.2) is 37.3 Å². The first-order valence-corrected chi connectivity index (χ1v) is 20.1. The summed E-state index contributed by atoms with van der Waals surface area (Å²) >= 11 is 0. The van der Waals surface area contributed by atoms with E-state index in [4.69, 9.17) is 27.8 Å². The third kappa shape index (κ3) is 10.7. The molecular formula is C46H40NO10P. The Labute approximate surface area is 336 Å². The van der Waals surface area contributed by atoms with E-state index in [1.165, 1.54) is 12.1 Å². The number of phosphoric ester groups is 1. The molecule has 0 saturated carbocycles. The van der Waals surface area contributed by atoms with E-state index >= 15 is 0 Å². The second-order valence-electron chi connectivity index (χ2n) is 13.3. The van der Waals surface area contributed by atoms with Gasteiger partial charge in [-0.3, -0.25) is 9.05 Å². The molecule has 0 spiro atoms. The zero-order chi connectivity index (χ0) is 40.2. The SMILES string of the molecule is O=C(COc1ccccc1)OC(=O)[C@H](Cc1ccc(OP(=O)(OCc2ccccc2)OCc2ccccc2)cc1)NC(=O)OCC1c2ccccc2-c2ccccc21. The van der Waals surface area contributed by atoms with Gasteiger partial charge in [-0.05, 0) is 63.2 Å². The lowest BCUT2D eigenvalue weighted by molar-refractivity contribution is -0.162. The summed E-state index contributed by atoms with van der Waals surface area (Å²) in [6.07, 6.45) is -0.966. The molecule has 6 aromatic carbocycles. The predicted molar refractivity (Wildman–Crippen MR) is 216 cm³/mol. The van der Waals surface area contributed by atoms with Crippen LogP contribution < -0.4 is 14.6 Å². The molecule has 1 atom stereocenters. The van der Waals surface area contributed by atoms with Gasteiger partial charge in [0.1, 0.15) is 24.1 Å². The standard InChI is InChI=1S/C46H40NO10P/c48-44(32-52-36-18-8-3-9-19-36)56-45(49)43(47-46(50)53-31-42-40-22-12-10-20-38(40)39-21-11-13-23-41(39)42)28-33-24-26-37(27-25-33)57-58(51,54-29-34-14-4-1-5-15-34)55-30-35-16-6-2-7-17-35/h1-27,42-43H,28-32H2,(H,47,50)/t43-/m0/s1. The van der Waals surface area contributed by atoms with Crippen molar-refractivity contribution in [3.63, 3.8) is 0 Å². The molecule has 7 rings (SSSR count). The van der Waals surface area contributed by atoms with Gasteiger partial charge in [0.15, 0.2) is 6.61 Å². The van der Waals surface area contributed by atoms with Crippen LogP contribution in [-0.2, 0) is 52.3 Å². The van der Waals surface area contributed by atoms with Crippen LogP contribution >= 0.6 is 7.82 Å². The van der Waals surface area contributed by atoms with Crippen molar-refractivity contribution < 1.29 is 46.7 Å². The summed E-state index contributed by atoms with van der Waals surface area (Å²) < 4.78 is 47.5. The Bertz CT molecular complexity index is 2260. The molecule has 294 valence electrons. The molecule has 1 aliphatic rings. The maximum atomic E-state index is 13.9. The Morgan fingerprint density at radius 3 is 1.67 bits per heavy atom. The highest BCUT2D eigenvalue weighted by Crippen LogP contribution is 2.51. The summed E-state index contributed by atoms with van der Waals surface area (Å²) in [6.45, 7) is -0.564. The van der Waals surface area contributed by atoms with Gasteiger partial charge in [-0.25, -0.2) is 18.9 Å². The van der Waals surface area contributed by atoms with Crippen molar-refractivity contribution in [2.75, 3.05) is 13.2 Å². The number of rotatable bonds is 17. The Balaban J connectivity index is 1.03. The molecule has 0 radical (unpaired) electrons. The number of esters is 2. The van der Waals surface area contributed by atoms with Crippen LogP contribution in [0.15, 0.2) is 164 Å². The molecular weight excluding hydrogens is 757 g/mol. The van der Waals surface area contributed by atoms with Crippen molar-refractivity contribution in [3.05, 3.63) is 192 Å². The number of carbonyl (C=O) groups is 3. The largest absolute Gasteiger partial charge is 0.530 e. The summed E-state index contributed by atoms with van der Waals surface area (Å²) in [6, 6.07) is 47.9. The number of para-hydroxylation sites is 1. The molecule has 58 heavy (non-hydrogen) atoms. The molecule has 0 aromatic heterocycles. The fourth-order valence-corrected chi connectivity index (χ4v) is 7.62. The average Bonchev–Trinajstić information content (AvgIpc) is 3.58. The summed E-state index contributed by atoms with van der Waals surface area (Å²) in [5, 5.41) is 2.59. The number of hydrogen-bond acceptors (Lipinski definition) is 10. The minimum atomic E-state index is -4.15. The number of carbonyl (C=O) groups excluding carboxylic acids is 3. The molecule has 0 saturated heterocycles. The monoisotopic (exact) mass is 797 g/mol. The second kappa shape index (κ2) is 19.1. The normalized spacial score (nSPS) is 12.4. The van der Waals surface area contributed by atoms with Gasteiger partial charge >= 0.3 is 25.9 Å². The summed E-state index contributed by atoms with van der Waals surface area (Å²) in [5.74, 6) is -1.58. The van der Waals surface area contributed by atoms with E-state index < -0.39 is 38.5 Å². The second-order valence-corrected chi connectivity index (χ2v) is 14.9. The number of hydrogen-bond donors (Lipinski definition) is 1. The first kappa shape index (κ1) is 39.7. The van der Waals surface area contributed by atoms with Crippen LogP contribution in [0.4, 0.5) is 4.79 Å². The fourth-order valence-electron chi connectivity index (χ4n) is 6.44.